The number of carbonyl (C=O) groups excluding carboxylic acids is 1. The Morgan fingerprint density at radius 2 is 2.00 bits per heavy atom. The van der Waals surface area contributed by atoms with Gasteiger partial charge in [0.1, 0.15) is 11.6 Å². The van der Waals surface area contributed by atoms with Crippen LogP contribution in [-0.2, 0) is 4.79 Å². The molecule has 2 heterocycles. The summed E-state index contributed by atoms with van der Waals surface area (Å²) in [5.41, 5.74) is 0.375. The van der Waals surface area contributed by atoms with E-state index in [1.807, 2.05) is 4.90 Å². The normalized spacial score (nSPS) is 15.2. The van der Waals surface area contributed by atoms with E-state index < -0.39 is 0 Å². The Hall–Kier alpha value is -2.70. The average Bonchev–Trinajstić information content (AvgIpc) is 2.63. The lowest BCUT2D eigenvalue weighted by atomic mass is 9.96. The van der Waals surface area contributed by atoms with E-state index in [2.05, 4.69) is 20.6 Å². The summed E-state index contributed by atoms with van der Waals surface area (Å²) in [6.07, 6.45) is 3.19. The lowest BCUT2D eigenvalue weighted by molar-refractivity contribution is -0.125. The third kappa shape index (κ3) is 3.61. The molecule has 1 amide bonds. The number of piperidine rings is 1. The molecule has 0 bridgehead atoms. The minimum atomic E-state index is -0.330. The first-order valence-corrected chi connectivity index (χ1v) is 7.98. The summed E-state index contributed by atoms with van der Waals surface area (Å²) in [6, 6.07) is 8.16. The molecule has 0 saturated carbocycles. The molecule has 3 rings (SSSR count). The Morgan fingerprint density at radius 3 is 2.71 bits per heavy atom. The van der Waals surface area contributed by atoms with Gasteiger partial charge in [0.15, 0.2) is 0 Å². The van der Waals surface area contributed by atoms with Crippen LogP contribution in [0.15, 0.2) is 36.5 Å². The Bertz CT molecular complexity index is 716. The summed E-state index contributed by atoms with van der Waals surface area (Å²) < 4.78 is 13.7. The summed E-state index contributed by atoms with van der Waals surface area (Å²) in [5.74, 6) is 0.936. The van der Waals surface area contributed by atoms with Gasteiger partial charge in [-0.2, -0.15) is 4.98 Å². The van der Waals surface area contributed by atoms with E-state index in [9.17, 15) is 9.18 Å². The molecule has 6 nitrogen and oxygen atoms in total. The van der Waals surface area contributed by atoms with Crippen molar-refractivity contribution >= 4 is 23.4 Å². The summed E-state index contributed by atoms with van der Waals surface area (Å²) in [5, 5.41) is 5.67. The molecule has 1 aliphatic rings. The van der Waals surface area contributed by atoms with Crippen LogP contribution in [0.3, 0.4) is 0 Å². The molecule has 0 spiro atoms. The topological polar surface area (TPSA) is 70.2 Å². The minimum absolute atomic E-state index is 0.0472. The lowest BCUT2D eigenvalue weighted by Crippen LogP contribution is -2.40. The summed E-state index contributed by atoms with van der Waals surface area (Å²) >= 11 is 0. The van der Waals surface area contributed by atoms with Crippen LogP contribution in [0, 0.1) is 11.7 Å². The van der Waals surface area contributed by atoms with Crippen molar-refractivity contribution in [1.29, 1.82) is 0 Å². The fraction of sp³-hybridized carbons (Fsp3) is 0.353. The molecule has 1 aromatic heterocycles. The van der Waals surface area contributed by atoms with Gasteiger partial charge in [-0.25, -0.2) is 9.37 Å². The lowest BCUT2D eigenvalue weighted by Gasteiger charge is -2.31. The van der Waals surface area contributed by atoms with Gasteiger partial charge in [-0.1, -0.05) is 12.1 Å². The summed E-state index contributed by atoms with van der Waals surface area (Å²) in [6.45, 7) is 1.45. The molecule has 0 unspecified atom stereocenters. The van der Waals surface area contributed by atoms with Crippen LogP contribution in [0.5, 0.6) is 0 Å². The second-order valence-corrected chi connectivity index (χ2v) is 5.72. The van der Waals surface area contributed by atoms with Crippen LogP contribution in [0.4, 0.5) is 21.8 Å². The monoisotopic (exact) mass is 329 g/mol. The summed E-state index contributed by atoms with van der Waals surface area (Å²) in [4.78, 5) is 22.5. The molecule has 2 N–H and O–H groups in total. The van der Waals surface area contributed by atoms with E-state index in [0.717, 1.165) is 25.9 Å². The van der Waals surface area contributed by atoms with Gasteiger partial charge in [0.2, 0.25) is 11.9 Å². The van der Waals surface area contributed by atoms with Crippen molar-refractivity contribution in [1.82, 2.24) is 15.3 Å². The smallest absolute Gasteiger partial charge is 0.227 e. The van der Waals surface area contributed by atoms with Gasteiger partial charge in [-0.15, -0.1) is 0 Å². The maximum Gasteiger partial charge on any atom is 0.227 e. The minimum Gasteiger partial charge on any atom is -0.359 e. The first-order valence-electron chi connectivity index (χ1n) is 7.98. The molecule has 0 atom stereocenters. The fourth-order valence-electron chi connectivity index (χ4n) is 2.82. The zero-order chi connectivity index (χ0) is 16.9. The van der Waals surface area contributed by atoms with Crippen LogP contribution in [-0.4, -0.2) is 36.0 Å². The number of nitrogens with zero attached hydrogens (tertiary/aromatic N) is 3. The Labute approximate surface area is 140 Å². The van der Waals surface area contributed by atoms with Crippen LogP contribution >= 0.6 is 0 Å². The molecule has 0 aliphatic carbocycles. The van der Waals surface area contributed by atoms with Gasteiger partial charge < -0.3 is 15.5 Å². The van der Waals surface area contributed by atoms with Crippen molar-refractivity contribution in [3.63, 3.8) is 0 Å². The largest absolute Gasteiger partial charge is 0.359 e. The van der Waals surface area contributed by atoms with Gasteiger partial charge in [-0.05, 0) is 31.0 Å². The molecule has 0 radical (unpaired) electrons. The van der Waals surface area contributed by atoms with E-state index in [1.165, 1.54) is 6.07 Å². The van der Waals surface area contributed by atoms with Crippen molar-refractivity contribution in [2.45, 2.75) is 12.8 Å². The SMILES string of the molecule is CNC(=O)C1CCN(c2nccc(Nc3ccccc3F)n2)CC1. The van der Waals surface area contributed by atoms with E-state index in [-0.39, 0.29) is 17.6 Å². The van der Waals surface area contributed by atoms with Crippen molar-refractivity contribution < 1.29 is 9.18 Å². The fourth-order valence-corrected chi connectivity index (χ4v) is 2.82. The molecule has 1 aromatic carbocycles. The zero-order valence-corrected chi connectivity index (χ0v) is 13.5. The second-order valence-electron chi connectivity index (χ2n) is 5.72. The van der Waals surface area contributed by atoms with Gasteiger partial charge in [0, 0.05) is 32.3 Å². The molecular weight excluding hydrogens is 309 g/mol. The molecule has 2 aromatic rings. The predicted octanol–water partition coefficient (Wildman–Crippen LogP) is 2.32. The number of nitrogens with one attached hydrogen (secondary N) is 2. The molecular formula is C17H20FN5O. The maximum atomic E-state index is 13.7. The number of hydrogen-bond acceptors (Lipinski definition) is 5. The number of aromatic nitrogens is 2. The molecule has 1 aliphatic heterocycles. The quantitative estimate of drug-likeness (QED) is 0.901. The summed E-state index contributed by atoms with van der Waals surface area (Å²) in [7, 11) is 1.66. The number of amides is 1. The molecule has 1 saturated heterocycles. The van der Waals surface area contributed by atoms with Crippen molar-refractivity contribution in [3.8, 4) is 0 Å². The molecule has 24 heavy (non-hydrogen) atoms. The predicted molar refractivity (Wildman–Crippen MR) is 90.7 cm³/mol. The van der Waals surface area contributed by atoms with Gasteiger partial charge in [0.05, 0.1) is 5.69 Å². The Morgan fingerprint density at radius 1 is 1.25 bits per heavy atom. The number of benzene rings is 1. The van der Waals surface area contributed by atoms with Crippen LogP contribution in [0.2, 0.25) is 0 Å². The zero-order valence-electron chi connectivity index (χ0n) is 13.5. The first kappa shape index (κ1) is 16.2. The number of carbonyl (C=O) groups is 1. The van der Waals surface area contributed by atoms with Crippen LogP contribution < -0.4 is 15.5 Å². The van der Waals surface area contributed by atoms with E-state index in [0.29, 0.717) is 17.5 Å². The Balaban J connectivity index is 1.68. The van der Waals surface area contributed by atoms with Gasteiger partial charge >= 0.3 is 0 Å². The van der Waals surface area contributed by atoms with Gasteiger partial charge in [0.25, 0.3) is 0 Å². The highest BCUT2D eigenvalue weighted by molar-refractivity contribution is 5.78. The second kappa shape index (κ2) is 7.25. The highest BCUT2D eigenvalue weighted by atomic mass is 19.1. The van der Waals surface area contributed by atoms with Crippen molar-refractivity contribution in [2.24, 2.45) is 5.92 Å². The number of halogens is 1. The van der Waals surface area contributed by atoms with Crippen molar-refractivity contribution in [3.05, 3.63) is 42.3 Å². The average molecular weight is 329 g/mol. The highest BCUT2D eigenvalue weighted by Gasteiger charge is 2.25. The number of rotatable bonds is 4. The van der Waals surface area contributed by atoms with Gasteiger partial charge in [-0.3, -0.25) is 4.79 Å². The first-order chi connectivity index (χ1) is 11.7. The molecule has 126 valence electrons. The van der Waals surface area contributed by atoms with E-state index >= 15 is 0 Å². The van der Waals surface area contributed by atoms with E-state index in [4.69, 9.17) is 0 Å². The number of hydrogen-bond donors (Lipinski definition) is 2. The highest BCUT2D eigenvalue weighted by Crippen LogP contribution is 2.23. The molecule has 7 heteroatoms. The van der Waals surface area contributed by atoms with E-state index in [1.54, 1.807) is 37.5 Å². The van der Waals surface area contributed by atoms with Crippen LogP contribution in [0.25, 0.3) is 0 Å². The van der Waals surface area contributed by atoms with Crippen molar-refractivity contribution in [2.75, 3.05) is 30.4 Å². The van der Waals surface area contributed by atoms with Crippen LogP contribution in [0.1, 0.15) is 12.8 Å². The number of anilines is 3. The number of para-hydroxylation sites is 1. The molecule has 1 fully saturated rings. The maximum absolute atomic E-state index is 13.7. The third-order valence-electron chi connectivity index (χ3n) is 4.17. The Kier molecular flexibility index (Phi) is 4.88. The standard InChI is InChI=1S/C17H20FN5O/c1-19-16(24)12-7-10-23(11-8-12)17-20-9-6-15(22-17)21-14-5-3-2-4-13(14)18/h2-6,9,12H,7-8,10-11H2,1H3,(H,19,24)(H,20,21,22). The third-order valence-corrected chi connectivity index (χ3v) is 4.17.